The predicted molar refractivity (Wildman–Crippen MR) is 51.4 cm³/mol. The van der Waals surface area contributed by atoms with Crippen LogP contribution in [0.3, 0.4) is 0 Å². The third-order valence-electron chi connectivity index (χ3n) is 2.12. The van der Waals surface area contributed by atoms with Gasteiger partial charge < -0.3 is 10.1 Å². The second-order valence-electron chi connectivity index (χ2n) is 3.50. The maximum absolute atomic E-state index is 10.7. The van der Waals surface area contributed by atoms with Gasteiger partial charge in [0.05, 0.1) is 0 Å². The van der Waals surface area contributed by atoms with Gasteiger partial charge in [0.2, 0.25) is 0 Å². The van der Waals surface area contributed by atoms with E-state index in [4.69, 9.17) is 5.11 Å². The van der Waals surface area contributed by atoms with Gasteiger partial charge in [0.25, 0.3) is 0 Å². The Bertz CT molecular complexity index is 279. The Hall–Kier alpha value is -1.03. The highest BCUT2D eigenvalue weighted by atomic mass is 16.4. The molecule has 0 saturated heterocycles. The molecule has 0 spiro atoms. The molecule has 0 amide bonds. The maximum Gasteiger partial charge on any atom is 0.331 e. The van der Waals surface area contributed by atoms with Crippen molar-refractivity contribution in [3.05, 3.63) is 23.2 Å². The third kappa shape index (κ3) is 2.46. The van der Waals surface area contributed by atoms with E-state index >= 15 is 0 Å². The average molecular weight is 180 g/mol. The zero-order valence-electron chi connectivity index (χ0n) is 7.82. The molecular weight excluding hydrogens is 167 g/mol. The molecule has 0 aromatic carbocycles. The van der Waals surface area contributed by atoms with E-state index in [1.807, 2.05) is 13.0 Å². The molecule has 0 aliphatic heterocycles. The van der Waals surface area contributed by atoms with Crippen LogP contribution in [0.5, 0.6) is 0 Å². The second kappa shape index (κ2) is 3.79. The minimum absolute atomic E-state index is 0.195. The number of carboxylic acids is 1. The van der Waals surface area contributed by atoms with Gasteiger partial charge in [-0.15, -0.1) is 0 Å². The smallest absolute Gasteiger partial charge is 0.331 e. The van der Waals surface area contributed by atoms with Gasteiger partial charge in [-0.25, -0.2) is 4.79 Å². The van der Waals surface area contributed by atoms with E-state index in [0.717, 1.165) is 0 Å². The van der Waals surface area contributed by atoms with E-state index in [9.17, 15) is 9.82 Å². The molecule has 0 aromatic heterocycles. The Balaban J connectivity index is 2.91. The summed E-state index contributed by atoms with van der Waals surface area (Å²) < 4.78 is 0. The predicted octanol–water partition coefficient (Wildman–Crippen LogP) is 1.12. The number of allylic oxidation sites excluding steroid dienone is 3. The summed E-state index contributed by atoms with van der Waals surface area (Å²) in [7, 11) is 0. The molecule has 13 heavy (non-hydrogen) atoms. The zero-order chi connectivity index (χ0) is 10.0. The van der Waals surface area contributed by atoms with Crippen LogP contribution in [-0.4, -0.2) is 23.0 Å². The van der Waals surface area contributed by atoms with E-state index in [1.54, 1.807) is 12.9 Å². The fraction of sp³-hybridized carbons (Fsp3) is 0.444. The molecule has 0 heterocycles. The summed E-state index contributed by atoms with van der Waals surface area (Å²) in [6.45, 7) is 3.00. The largest absolute Gasteiger partial charge is 0.478 e. The van der Waals surface area contributed by atoms with Gasteiger partial charge in [-0.05, 0) is 12.3 Å². The summed E-state index contributed by atoms with van der Waals surface area (Å²) in [4.78, 5) is 10.7. The minimum atomic E-state index is -0.891. The van der Waals surface area contributed by atoms with Crippen molar-refractivity contribution in [2.75, 3.05) is 0 Å². The third-order valence-corrected chi connectivity index (χ3v) is 2.12. The van der Waals surface area contributed by atoms with Crippen LogP contribution in [-0.2, 0) is 4.79 Å². The van der Waals surface area contributed by atoms with Crippen molar-refractivity contribution in [2.24, 2.45) is 5.92 Å². The normalized spacial score (nSPS) is 21.9. The standard InChI is InChI=1S/C9H13BO3/c1-6-3-7(9(11)12)5-8(4-6)10(2)13/h4-6,13H,3H2,1-2H3,(H,11,12). The fourth-order valence-electron chi connectivity index (χ4n) is 1.45. The van der Waals surface area contributed by atoms with Crippen LogP contribution in [0.2, 0.25) is 6.82 Å². The first-order chi connectivity index (χ1) is 6.00. The Morgan fingerprint density at radius 1 is 1.69 bits per heavy atom. The van der Waals surface area contributed by atoms with Gasteiger partial charge in [0, 0.05) is 5.57 Å². The zero-order valence-corrected chi connectivity index (χ0v) is 7.82. The highest BCUT2D eigenvalue weighted by Gasteiger charge is 2.20. The monoisotopic (exact) mass is 180 g/mol. The van der Waals surface area contributed by atoms with Crippen LogP contribution >= 0.6 is 0 Å². The van der Waals surface area contributed by atoms with Crippen LogP contribution in [0.4, 0.5) is 0 Å². The summed E-state index contributed by atoms with van der Waals surface area (Å²) in [6.07, 6.45) is 4.02. The molecule has 2 N–H and O–H groups in total. The quantitative estimate of drug-likeness (QED) is 0.626. The molecule has 1 unspecified atom stereocenters. The topological polar surface area (TPSA) is 57.5 Å². The van der Waals surface area contributed by atoms with Crippen molar-refractivity contribution >= 4 is 12.9 Å². The van der Waals surface area contributed by atoms with Crippen LogP contribution < -0.4 is 0 Å². The molecule has 70 valence electrons. The van der Waals surface area contributed by atoms with E-state index < -0.39 is 12.9 Å². The van der Waals surface area contributed by atoms with E-state index in [-0.39, 0.29) is 5.92 Å². The van der Waals surface area contributed by atoms with Gasteiger partial charge in [-0.1, -0.05) is 31.4 Å². The lowest BCUT2D eigenvalue weighted by molar-refractivity contribution is -0.132. The molecule has 1 aliphatic carbocycles. The van der Waals surface area contributed by atoms with E-state index in [0.29, 0.717) is 17.5 Å². The molecule has 0 fully saturated rings. The summed E-state index contributed by atoms with van der Waals surface area (Å²) in [5.41, 5.74) is 1.09. The van der Waals surface area contributed by atoms with Crippen molar-refractivity contribution in [3.8, 4) is 0 Å². The van der Waals surface area contributed by atoms with Gasteiger partial charge in [-0.2, -0.15) is 0 Å². The lowest BCUT2D eigenvalue weighted by Crippen LogP contribution is -2.17. The highest BCUT2D eigenvalue weighted by Crippen LogP contribution is 2.23. The first-order valence-corrected chi connectivity index (χ1v) is 4.34. The van der Waals surface area contributed by atoms with Crippen molar-refractivity contribution in [3.63, 3.8) is 0 Å². The van der Waals surface area contributed by atoms with Gasteiger partial charge in [-0.3, -0.25) is 0 Å². The molecule has 0 radical (unpaired) electrons. The van der Waals surface area contributed by atoms with Crippen molar-refractivity contribution in [1.29, 1.82) is 0 Å². The Labute approximate surface area is 77.9 Å². The number of hydrogen-bond acceptors (Lipinski definition) is 2. The maximum atomic E-state index is 10.7. The van der Waals surface area contributed by atoms with Crippen molar-refractivity contribution in [1.82, 2.24) is 0 Å². The molecule has 0 saturated carbocycles. The molecule has 0 aromatic rings. The number of carboxylic acid groups (broad SMARTS) is 1. The van der Waals surface area contributed by atoms with E-state index in [2.05, 4.69) is 0 Å². The van der Waals surface area contributed by atoms with Crippen LogP contribution in [0.1, 0.15) is 13.3 Å². The molecule has 4 heteroatoms. The average Bonchev–Trinajstić information content (AvgIpc) is 2.03. The molecule has 3 nitrogen and oxygen atoms in total. The van der Waals surface area contributed by atoms with Crippen LogP contribution in [0, 0.1) is 5.92 Å². The summed E-state index contributed by atoms with van der Waals surface area (Å²) in [6, 6.07) is 0. The molecule has 1 aliphatic rings. The van der Waals surface area contributed by atoms with Crippen molar-refractivity contribution in [2.45, 2.75) is 20.2 Å². The van der Waals surface area contributed by atoms with Gasteiger partial charge in [0.15, 0.2) is 0 Å². The number of hydrogen-bond donors (Lipinski definition) is 2. The van der Waals surface area contributed by atoms with Gasteiger partial charge in [0.1, 0.15) is 0 Å². The lowest BCUT2D eigenvalue weighted by atomic mass is 9.61. The highest BCUT2D eigenvalue weighted by molar-refractivity contribution is 6.58. The Morgan fingerprint density at radius 2 is 2.31 bits per heavy atom. The second-order valence-corrected chi connectivity index (χ2v) is 3.50. The first kappa shape index (κ1) is 10.1. The molecular formula is C9H13BO3. The SMILES string of the molecule is CB(O)C1=CC(C)CC(C(=O)O)=C1. The fourth-order valence-corrected chi connectivity index (χ4v) is 1.45. The summed E-state index contributed by atoms with van der Waals surface area (Å²) in [5, 5.41) is 18.1. The Kier molecular flexibility index (Phi) is 2.93. The van der Waals surface area contributed by atoms with Crippen LogP contribution in [0.25, 0.3) is 0 Å². The van der Waals surface area contributed by atoms with E-state index in [1.165, 1.54) is 0 Å². The molecule has 1 atom stereocenters. The van der Waals surface area contributed by atoms with Gasteiger partial charge >= 0.3 is 12.9 Å². The number of carbonyl (C=O) groups is 1. The first-order valence-electron chi connectivity index (χ1n) is 4.34. The number of aliphatic carboxylic acids is 1. The molecule has 0 bridgehead atoms. The molecule has 1 rings (SSSR count). The number of rotatable bonds is 2. The minimum Gasteiger partial charge on any atom is -0.478 e. The summed E-state index contributed by atoms with van der Waals surface area (Å²) in [5.74, 6) is -0.696. The summed E-state index contributed by atoms with van der Waals surface area (Å²) >= 11 is 0. The van der Waals surface area contributed by atoms with Crippen LogP contribution in [0.15, 0.2) is 23.2 Å². The lowest BCUT2D eigenvalue weighted by Gasteiger charge is -2.16. The van der Waals surface area contributed by atoms with Crippen molar-refractivity contribution < 1.29 is 14.9 Å². The Morgan fingerprint density at radius 3 is 2.77 bits per heavy atom.